The van der Waals surface area contributed by atoms with E-state index in [2.05, 4.69) is 37.0 Å². The minimum absolute atomic E-state index is 0. The van der Waals surface area contributed by atoms with E-state index in [4.69, 9.17) is 4.52 Å². The molecular formula is C18H27IN6OS. The van der Waals surface area contributed by atoms with E-state index in [0.717, 1.165) is 11.2 Å². The maximum Gasteiger partial charge on any atom is 0.276 e. The number of hydrogen-bond acceptors (Lipinski definition) is 6. The third kappa shape index (κ3) is 6.63. The lowest BCUT2D eigenvalue weighted by Gasteiger charge is -2.29. The van der Waals surface area contributed by atoms with E-state index < -0.39 is 0 Å². The van der Waals surface area contributed by atoms with E-state index >= 15 is 0 Å². The highest BCUT2D eigenvalue weighted by Gasteiger charge is 2.21. The summed E-state index contributed by atoms with van der Waals surface area (Å²) in [5.41, 5.74) is 0.692. The number of nitrogens with zero attached hydrogens (tertiary/aromatic N) is 4. The number of nitrogens with one attached hydrogen (secondary N) is 2. The van der Waals surface area contributed by atoms with Gasteiger partial charge in [-0.2, -0.15) is 16.7 Å². The average molecular weight is 502 g/mol. The molecule has 1 saturated carbocycles. The topological polar surface area (TPSA) is 88.2 Å². The molecule has 1 aliphatic rings. The van der Waals surface area contributed by atoms with Crippen molar-refractivity contribution in [2.75, 3.05) is 19.8 Å². The molecule has 7 nitrogen and oxygen atoms in total. The molecule has 0 spiro atoms. The minimum atomic E-state index is 0. The first-order valence-corrected chi connectivity index (χ1v) is 10.3. The second-order valence-corrected chi connectivity index (χ2v) is 7.48. The Balaban J connectivity index is 0.00000261. The van der Waals surface area contributed by atoms with E-state index in [9.17, 15) is 0 Å². The van der Waals surface area contributed by atoms with E-state index in [1.807, 2.05) is 30.0 Å². The number of pyridine rings is 1. The summed E-state index contributed by atoms with van der Waals surface area (Å²) in [5, 5.41) is 11.7. The molecule has 0 amide bonds. The lowest BCUT2D eigenvalue weighted by Crippen LogP contribution is -2.46. The van der Waals surface area contributed by atoms with Crippen molar-refractivity contribution in [2.24, 2.45) is 4.99 Å². The standard InChI is InChI=1S/C18H26N6OS.HI/c1-19-18(22-13-6-5-7-14(12-13)26-2)21-11-9-16-23-17(25-24-16)15-8-3-4-10-20-15;/h3-4,8,10,13-14H,5-7,9,11-12H2,1-2H3,(H2,19,21,22);1H. The summed E-state index contributed by atoms with van der Waals surface area (Å²) in [6, 6.07) is 6.11. The molecule has 0 saturated heterocycles. The smallest absolute Gasteiger partial charge is 0.276 e. The van der Waals surface area contributed by atoms with Crippen LogP contribution in [0.4, 0.5) is 0 Å². The molecule has 2 heterocycles. The molecule has 2 aromatic rings. The highest BCUT2D eigenvalue weighted by atomic mass is 127. The highest BCUT2D eigenvalue weighted by Crippen LogP contribution is 2.26. The quantitative estimate of drug-likeness (QED) is 0.357. The molecule has 2 unspecified atom stereocenters. The van der Waals surface area contributed by atoms with Crippen LogP contribution < -0.4 is 10.6 Å². The van der Waals surface area contributed by atoms with Gasteiger partial charge in [-0.1, -0.05) is 17.6 Å². The van der Waals surface area contributed by atoms with Gasteiger partial charge < -0.3 is 15.2 Å². The van der Waals surface area contributed by atoms with E-state index in [1.54, 1.807) is 13.2 Å². The number of aromatic nitrogens is 3. The van der Waals surface area contributed by atoms with Gasteiger partial charge in [0.05, 0.1) is 0 Å². The predicted molar refractivity (Wildman–Crippen MR) is 121 cm³/mol. The number of hydrogen-bond donors (Lipinski definition) is 2. The fourth-order valence-corrected chi connectivity index (χ4v) is 3.95. The first-order valence-electron chi connectivity index (χ1n) is 9.02. The van der Waals surface area contributed by atoms with Crippen LogP contribution in [-0.4, -0.2) is 52.2 Å². The van der Waals surface area contributed by atoms with Gasteiger partial charge in [0, 0.05) is 37.5 Å². The van der Waals surface area contributed by atoms with Gasteiger partial charge in [0.1, 0.15) is 5.69 Å². The summed E-state index contributed by atoms with van der Waals surface area (Å²) in [6.45, 7) is 0.694. The lowest BCUT2D eigenvalue weighted by molar-refractivity contribution is 0.417. The van der Waals surface area contributed by atoms with Crippen molar-refractivity contribution in [3.8, 4) is 11.6 Å². The van der Waals surface area contributed by atoms with Crippen LogP contribution in [0.25, 0.3) is 11.6 Å². The van der Waals surface area contributed by atoms with E-state index in [1.165, 1.54) is 25.7 Å². The van der Waals surface area contributed by atoms with Crippen molar-refractivity contribution >= 4 is 41.7 Å². The monoisotopic (exact) mass is 502 g/mol. The Morgan fingerprint density at radius 2 is 2.26 bits per heavy atom. The summed E-state index contributed by atoms with van der Waals surface area (Å²) in [7, 11) is 1.80. The molecule has 148 valence electrons. The Hall–Kier alpha value is -1.36. The summed E-state index contributed by atoms with van der Waals surface area (Å²) in [5.74, 6) is 1.95. The van der Waals surface area contributed by atoms with Crippen LogP contribution in [-0.2, 0) is 6.42 Å². The van der Waals surface area contributed by atoms with E-state index in [-0.39, 0.29) is 24.0 Å². The van der Waals surface area contributed by atoms with E-state index in [0.29, 0.717) is 36.4 Å². The number of thioether (sulfide) groups is 1. The molecule has 0 aliphatic heterocycles. The van der Waals surface area contributed by atoms with Crippen LogP contribution in [0.1, 0.15) is 31.5 Å². The number of rotatable bonds is 6. The van der Waals surface area contributed by atoms with Gasteiger partial charge in [-0.05, 0) is 37.7 Å². The third-order valence-electron chi connectivity index (χ3n) is 4.52. The molecule has 1 aliphatic carbocycles. The Bertz CT molecular complexity index is 711. The molecule has 0 aromatic carbocycles. The van der Waals surface area contributed by atoms with Crippen molar-refractivity contribution in [3.05, 3.63) is 30.2 Å². The summed E-state index contributed by atoms with van der Waals surface area (Å²) >= 11 is 1.97. The largest absolute Gasteiger partial charge is 0.356 e. The van der Waals surface area contributed by atoms with Gasteiger partial charge >= 0.3 is 0 Å². The SMILES string of the molecule is CN=C(NCCc1noc(-c2ccccn2)n1)NC1CCCC(SC)C1.I. The lowest BCUT2D eigenvalue weighted by atomic mass is 9.95. The molecule has 0 bridgehead atoms. The van der Waals surface area contributed by atoms with Crippen molar-refractivity contribution in [1.29, 1.82) is 0 Å². The van der Waals surface area contributed by atoms with Crippen molar-refractivity contribution in [1.82, 2.24) is 25.8 Å². The second kappa shape index (κ2) is 11.5. The molecule has 3 rings (SSSR count). The van der Waals surface area contributed by atoms with Crippen molar-refractivity contribution in [2.45, 2.75) is 43.4 Å². The van der Waals surface area contributed by atoms with Crippen LogP contribution in [0.2, 0.25) is 0 Å². The van der Waals surface area contributed by atoms with Gasteiger partial charge in [-0.3, -0.25) is 9.98 Å². The summed E-state index contributed by atoms with van der Waals surface area (Å²) in [4.78, 5) is 12.9. The fraction of sp³-hybridized carbons (Fsp3) is 0.556. The van der Waals surface area contributed by atoms with Gasteiger partial charge in [0.15, 0.2) is 11.8 Å². The molecule has 2 N–H and O–H groups in total. The summed E-state index contributed by atoms with van der Waals surface area (Å²) < 4.78 is 5.28. The predicted octanol–water partition coefficient (Wildman–Crippen LogP) is 3.13. The van der Waals surface area contributed by atoms with Crippen molar-refractivity contribution in [3.63, 3.8) is 0 Å². The van der Waals surface area contributed by atoms with Gasteiger partial charge in [0.25, 0.3) is 5.89 Å². The Kier molecular flexibility index (Phi) is 9.32. The number of guanidine groups is 1. The zero-order valence-corrected chi connectivity index (χ0v) is 18.9. The summed E-state index contributed by atoms with van der Waals surface area (Å²) in [6.07, 6.45) is 9.57. The van der Waals surface area contributed by atoms with Gasteiger partial charge in [-0.15, -0.1) is 24.0 Å². The molecular weight excluding hydrogens is 475 g/mol. The first kappa shape index (κ1) is 21.9. The molecule has 27 heavy (non-hydrogen) atoms. The molecule has 2 atom stereocenters. The maximum atomic E-state index is 5.28. The average Bonchev–Trinajstić information content (AvgIpc) is 3.17. The number of halogens is 1. The second-order valence-electron chi connectivity index (χ2n) is 6.35. The maximum absolute atomic E-state index is 5.28. The first-order chi connectivity index (χ1) is 12.8. The van der Waals surface area contributed by atoms with Gasteiger partial charge in [0.2, 0.25) is 0 Å². The molecule has 9 heteroatoms. The Morgan fingerprint density at radius 3 is 3.00 bits per heavy atom. The molecule has 2 aromatic heterocycles. The van der Waals surface area contributed by atoms with Crippen molar-refractivity contribution < 1.29 is 4.52 Å². The zero-order valence-electron chi connectivity index (χ0n) is 15.7. The van der Waals surface area contributed by atoms with Crippen LogP contribution >= 0.6 is 35.7 Å². The minimum Gasteiger partial charge on any atom is -0.356 e. The van der Waals surface area contributed by atoms with Crippen LogP contribution in [0.15, 0.2) is 33.9 Å². The van der Waals surface area contributed by atoms with Crippen LogP contribution in [0.3, 0.4) is 0 Å². The normalized spacial score (nSPS) is 20.0. The molecule has 1 fully saturated rings. The fourth-order valence-electron chi connectivity index (χ4n) is 3.12. The van der Waals surface area contributed by atoms with Crippen LogP contribution in [0, 0.1) is 0 Å². The molecule has 0 radical (unpaired) electrons. The van der Waals surface area contributed by atoms with Gasteiger partial charge in [-0.25, -0.2) is 0 Å². The van der Waals surface area contributed by atoms with Crippen LogP contribution in [0.5, 0.6) is 0 Å². The highest BCUT2D eigenvalue weighted by molar-refractivity contribution is 14.0. The zero-order chi connectivity index (χ0) is 18.2. The number of aliphatic imine (C=N–C) groups is 1. The Labute approximate surface area is 181 Å². The third-order valence-corrected chi connectivity index (χ3v) is 5.61. The Morgan fingerprint density at radius 1 is 1.37 bits per heavy atom.